The van der Waals surface area contributed by atoms with Crippen LogP contribution in [0.5, 0.6) is 0 Å². The maximum atomic E-state index is 6.60. The summed E-state index contributed by atoms with van der Waals surface area (Å²) in [5, 5.41) is 4.48. The van der Waals surface area contributed by atoms with Gasteiger partial charge in [0.2, 0.25) is 0 Å². The van der Waals surface area contributed by atoms with Gasteiger partial charge in [-0.3, -0.25) is 0 Å². The van der Waals surface area contributed by atoms with Gasteiger partial charge in [0.05, 0.1) is 0 Å². The summed E-state index contributed by atoms with van der Waals surface area (Å²) in [5.41, 5.74) is 16.6. The predicted octanol–water partition coefficient (Wildman–Crippen LogP) is 16.4. The van der Waals surface area contributed by atoms with Crippen molar-refractivity contribution in [3.8, 4) is 78.7 Å². The Balaban J connectivity index is 0.964. The Morgan fingerprint density at radius 2 is 0.954 bits per heavy atom. The third-order valence-corrected chi connectivity index (χ3v) is 14.5. The van der Waals surface area contributed by atoms with Gasteiger partial charge < -0.3 is 4.42 Å². The smallest absolute Gasteiger partial charge is 0.164 e. The molecule has 5 heteroatoms. The molecule has 0 aliphatic heterocycles. The van der Waals surface area contributed by atoms with Crippen molar-refractivity contribution in [3.63, 3.8) is 0 Å². The Kier molecular flexibility index (Phi) is 8.39. The monoisotopic (exact) mass is 849 g/mol. The van der Waals surface area contributed by atoms with Crippen LogP contribution < -0.4 is 0 Å². The van der Waals surface area contributed by atoms with E-state index >= 15 is 0 Å². The molecule has 0 amide bonds. The molecule has 13 rings (SSSR count). The van der Waals surface area contributed by atoms with E-state index in [1.807, 2.05) is 18.2 Å². The minimum absolute atomic E-state index is 0.117. The van der Waals surface area contributed by atoms with E-state index in [4.69, 9.17) is 19.4 Å². The first-order valence-electron chi connectivity index (χ1n) is 22.1. The molecular weight excluding hydrogens is 811 g/mol. The summed E-state index contributed by atoms with van der Waals surface area (Å²) in [6.07, 6.45) is 0. The summed E-state index contributed by atoms with van der Waals surface area (Å²) >= 11 is 1.79. The molecule has 3 aromatic heterocycles. The van der Waals surface area contributed by atoms with Gasteiger partial charge in [-0.15, -0.1) is 11.3 Å². The molecule has 3 heterocycles. The van der Waals surface area contributed by atoms with Gasteiger partial charge in [0.25, 0.3) is 0 Å². The number of rotatable bonds is 6. The fraction of sp³-hybridized carbons (Fsp3) is 0.0500. The van der Waals surface area contributed by atoms with Crippen molar-refractivity contribution in [2.45, 2.75) is 19.3 Å². The van der Waals surface area contributed by atoms with Gasteiger partial charge in [0.1, 0.15) is 11.2 Å². The zero-order valence-electron chi connectivity index (χ0n) is 35.7. The third kappa shape index (κ3) is 6.07. The van der Waals surface area contributed by atoms with Crippen LogP contribution >= 0.6 is 11.3 Å². The number of furan rings is 1. The number of nitrogens with zero attached hydrogens (tertiary/aromatic N) is 3. The molecule has 1 aliphatic carbocycles. The molecule has 0 radical (unpaired) electrons. The number of hydrogen-bond donors (Lipinski definition) is 0. The predicted molar refractivity (Wildman–Crippen MR) is 270 cm³/mol. The van der Waals surface area contributed by atoms with Crippen LogP contribution in [0.3, 0.4) is 0 Å². The van der Waals surface area contributed by atoms with Gasteiger partial charge in [-0.2, -0.15) is 0 Å². The van der Waals surface area contributed by atoms with Crippen LogP contribution in [0.25, 0.3) is 121 Å². The lowest BCUT2D eigenvalue weighted by molar-refractivity contribution is 0.662. The molecule has 0 bridgehead atoms. The largest absolute Gasteiger partial charge is 0.456 e. The molecule has 4 nitrogen and oxygen atoms in total. The van der Waals surface area contributed by atoms with Gasteiger partial charge in [-0.1, -0.05) is 172 Å². The van der Waals surface area contributed by atoms with E-state index in [2.05, 4.69) is 196 Å². The van der Waals surface area contributed by atoms with Gasteiger partial charge in [0, 0.05) is 53.1 Å². The van der Waals surface area contributed by atoms with Crippen molar-refractivity contribution in [2.75, 3.05) is 0 Å². The second-order valence-corrected chi connectivity index (χ2v) is 18.6. The standard InChI is InChI=1S/C60H39N3OS/c1-60(2)50-25-8-6-20-44(50)47-23-12-22-43(56(47)60)40-18-10-17-38(32-40)39-29-31-51-49(34-39)55-48(24-13-26-52(55)64-51)59-62-57(41-19-11-16-37(33-41)36-14-4-3-5-15-36)61-58(63-59)42-28-30-46-45-21-7-9-27-53(45)65-54(46)35-42/h3-35H,1-2H3. The maximum Gasteiger partial charge on any atom is 0.164 e. The number of hydrogen-bond acceptors (Lipinski definition) is 5. The Morgan fingerprint density at radius 3 is 1.83 bits per heavy atom. The lowest BCUT2D eigenvalue weighted by Gasteiger charge is -2.24. The zero-order valence-corrected chi connectivity index (χ0v) is 36.5. The summed E-state index contributed by atoms with van der Waals surface area (Å²) in [7, 11) is 0. The van der Waals surface area contributed by atoms with E-state index in [1.165, 1.54) is 53.6 Å². The Hall–Kier alpha value is -7.99. The molecule has 0 fully saturated rings. The fourth-order valence-electron chi connectivity index (χ4n) is 10.2. The second-order valence-electron chi connectivity index (χ2n) is 17.5. The zero-order chi connectivity index (χ0) is 43.2. The van der Waals surface area contributed by atoms with E-state index < -0.39 is 0 Å². The molecule has 306 valence electrons. The van der Waals surface area contributed by atoms with Crippen LogP contribution in [0.15, 0.2) is 205 Å². The summed E-state index contributed by atoms with van der Waals surface area (Å²) in [6.45, 7) is 4.70. The first-order chi connectivity index (χ1) is 31.9. The summed E-state index contributed by atoms with van der Waals surface area (Å²) < 4.78 is 9.06. The first-order valence-corrected chi connectivity index (χ1v) is 22.9. The van der Waals surface area contributed by atoms with Gasteiger partial charge in [0.15, 0.2) is 17.5 Å². The van der Waals surface area contributed by atoms with Crippen LogP contribution in [0.2, 0.25) is 0 Å². The maximum absolute atomic E-state index is 6.60. The van der Waals surface area contributed by atoms with Crippen LogP contribution in [0, 0.1) is 0 Å². The molecule has 9 aromatic carbocycles. The second kappa shape index (κ2) is 14.5. The number of fused-ring (bicyclic) bond motifs is 9. The van der Waals surface area contributed by atoms with E-state index in [1.54, 1.807) is 11.3 Å². The van der Waals surface area contributed by atoms with Crippen LogP contribution in [0.4, 0.5) is 0 Å². The minimum Gasteiger partial charge on any atom is -0.456 e. The Labute approximate surface area is 380 Å². The SMILES string of the molecule is CC1(C)c2ccccc2-c2cccc(-c3cccc(-c4ccc5oc6cccc(-c7nc(-c8cccc(-c9ccccc9)c8)nc(-c8ccc9c(c8)sc8ccccc89)n7)c6c5c4)c3)c21. The highest BCUT2D eigenvalue weighted by molar-refractivity contribution is 7.25. The van der Waals surface area contributed by atoms with Gasteiger partial charge >= 0.3 is 0 Å². The van der Waals surface area contributed by atoms with Crippen LogP contribution in [0.1, 0.15) is 25.0 Å². The van der Waals surface area contributed by atoms with Gasteiger partial charge in [-0.05, 0) is 98.1 Å². The van der Waals surface area contributed by atoms with E-state index in [-0.39, 0.29) is 5.41 Å². The lowest BCUT2D eigenvalue weighted by Crippen LogP contribution is -2.16. The van der Waals surface area contributed by atoms with Crippen LogP contribution in [-0.2, 0) is 5.41 Å². The molecule has 0 unspecified atom stereocenters. The lowest BCUT2D eigenvalue weighted by atomic mass is 9.78. The highest BCUT2D eigenvalue weighted by Gasteiger charge is 2.37. The van der Waals surface area contributed by atoms with Crippen molar-refractivity contribution < 1.29 is 4.42 Å². The van der Waals surface area contributed by atoms with Crippen molar-refractivity contribution >= 4 is 53.4 Å². The van der Waals surface area contributed by atoms with E-state index in [0.717, 1.165) is 60.9 Å². The topological polar surface area (TPSA) is 51.8 Å². The molecule has 0 N–H and O–H groups in total. The normalized spacial score (nSPS) is 12.9. The molecule has 0 saturated heterocycles. The highest BCUT2D eigenvalue weighted by Crippen LogP contribution is 2.52. The van der Waals surface area contributed by atoms with E-state index in [0.29, 0.717) is 17.5 Å². The molecule has 1 aliphatic rings. The average molecular weight is 850 g/mol. The third-order valence-electron chi connectivity index (χ3n) is 13.3. The molecule has 0 saturated carbocycles. The average Bonchev–Trinajstić information content (AvgIpc) is 4.01. The Bertz CT molecular complexity index is 3880. The van der Waals surface area contributed by atoms with Crippen molar-refractivity contribution in [1.29, 1.82) is 0 Å². The minimum atomic E-state index is -0.117. The van der Waals surface area contributed by atoms with Crippen LogP contribution in [-0.4, -0.2) is 15.0 Å². The van der Waals surface area contributed by atoms with Crippen molar-refractivity contribution in [2.24, 2.45) is 0 Å². The van der Waals surface area contributed by atoms with Crippen molar-refractivity contribution in [1.82, 2.24) is 15.0 Å². The number of thiophene rings is 1. The molecule has 12 aromatic rings. The summed E-state index contributed by atoms with van der Waals surface area (Å²) in [6, 6.07) is 71.3. The van der Waals surface area contributed by atoms with Gasteiger partial charge in [-0.25, -0.2) is 15.0 Å². The molecular formula is C60H39N3OS. The number of benzene rings is 9. The summed E-state index contributed by atoms with van der Waals surface area (Å²) in [4.78, 5) is 15.8. The fourth-order valence-corrected chi connectivity index (χ4v) is 11.4. The quantitative estimate of drug-likeness (QED) is 0.167. The Morgan fingerprint density at radius 1 is 0.369 bits per heavy atom. The van der Waals surface area contributed by atoms with Crippen molar-refractivity contribution in [3.05, 3.63) is 211 Å². The molecule has 0 spiro atoms. The molecule has 65 heavy (non-hydrogen) atoms. The first kappa shape index (κ1) is 37.6. The molecule has 0 atom stereocenters. The number of aromatic nitrogens is 3. The highest BCUT2D eigenvalue weighted by atomic mass is 32.1. The summed E-state index contributed by atoms with van der Waals surface area (Å²) in [5.74, 6) is 1.82. The van der Waals surface area contributed by atoms with E-state index in [9.17, 15) is 0 Å².